The molecule has 0 aromatic heterocycles. The number of amides is 2. The Morgan fingerprint density at radius 3 is 2.67 bits per heavy atom. The van der Waals surface area contributed by atoms with Crippen LogP contribution in [-0.2, 0) is 0 Å². The van der Waals surface area contributed by atoms with Crippen LogP contribution < -0.4 is 16.0 Å². The first-order chi connectivity index (χ1) is 8.40. The van der Waals surface area contributed by atoms with Crippen molar-refractivity contribution in [3.63, 3.8) is 0 Å². The van der Waals surface area contributed by atoms with Gasteiger partial charge in [-0.15, -0.1) is 0 Å². The molecule has 0 bridgehead atoms. The van der Waals surface area contributed by atoms with E-state index in [9.17, 15) is 9.90 Å². The van der Waals surface area contributed by atoms with E-state index in [1.54, 1.807) is 6.92 Å². The van der Waals surface area contributed by atoms with Crippen LogP contribution in [0.3, 0.4) is 0 Å². The fourth-order valence-electron chi connectivity index (χ4n) is 1.30. The molecule has 0 unspecified atom stereocenters. The fourth-order valence-corrected chi connectivity index (χ4v) is 1.84. The van der Waals surface area contributed by atoms with Crippen molar-refractivity contribution >= 4 is 40.9 Å². The number of rotatable bonds is 2. The summed E-state index contributed by atoms with van der Waals surface area (Å²) >= 11 is 11.8. The molecule has 0 heterocycles. The maximum atomic E-state index is 11.8. The molecule has 0 spiro atoms. The first-order valence-electron chi connectivity index (χ1n) is 4.99. The maximum Gasteiger partial charge on any atom is 0.328 e. The highest BCUT2D eigenvalue weighted by atomic mass is 35.5. The average Bonchev–Trinajstić information content (AvgIpc) is 2.29. The number of urea groups is 1. The lowest BCUT2D eigenvalue weighted by Crippen LogP contribution is -2.47. The standard InChI is InChI=1S/C10H12Cl2N4O2/c1-2-15-10(18)16(9(13)14)8-5(11)3-4-6(17)7(8)12/h3-4,17H,2H2,1H3,(H3,13,14)(H,15,18). The van der Waals surface area contributed by atoms with Gasteiger partial charge in [-0.2, -0.15) is 0 Å². The lowest BCUT2D eigenvalue weighted by atomic mass is 10.2. The molecule has 6 nitrogen and oxygen atoms in total. The first kappa shape index (κ1) is 14.4. The third kappa shape index (κ3) is 2.77. The van der Waals surface area contributed by atoms with Gasteiger partial charge in [0.2, 0.25) is 5.96 Å². The molecule has 0 saturated heterocycles. The highest BCUT2D eigenvalue weighted by Crippen LogP contribution is 2.39. The molecule has 0 fully saturated rings. The van der Waals surface area contributed by atoms with E-state index in [1.165, 1.54) is 12.1 Å². The van der Waals surface area contributed by atoms with Crippen molar-refractivity contribution in [3.8, 4) is 5.75 Å². The van der Waals surface area contributed by atoms with Crippen LogP contribution in [0.4, 0.5) is 10.5 Å². The Balaban J connectivity index is 3.35. The Morgan fingerprint density at radius 2 is 2.17 bits per heavy atom. The van der Waals surface area contributed by atoms with Gasteiger partial charge < -0.3 is 16.2 Å². The molecule has 0 radical (unpaired) electrons. The Kier molecular flexibility index (Phi) is 4.63. The van der Waals surface area contributed by atoms with Crippen molar-refractivity contribution in [2.24, 2.45) is 5.73 Å². The molecule has 18 heavy (non-hydrogen) atoms. The molecule has 0 atom stereocenters. The largest absolute Gasteiger partial charge is 0.506 e. The predicted octanol–water partition coefficient (Wildman–Crippen LogP) is 2.13. The zero-order valence-corrected chi connectivity index (χ0v) is 11.0. The van der Waals surface area contributed by atoms with Crippen LogP contribution >= 0.6 is 23.2 Å². The number of anilines is 1. The van der Waals surface area contributed by atoms with Gasteiger partial charge in [-0.1, -0.05) is 23.2 Å². The number of nitrogens with two attached hydrogens (primary N) is 1. The summed E-state index contributed by atoms with van der Waals surface area (Å²) in [7, 11) is 0. The third-order valence-electron chi connectivity index (χ3n) is 2.04. The van der Waals surface area contributed by atoms with Crippen molar-refractivity contribution in [3.05, 3.63) is 22.2 Å². The van der Waals surface area contributed by atoms with Gasteiger partial charge in [0.05, 0.1) is 10.7 Å². The minimum absolute atomic E-state index is 0.0308. The molecule has 1 aromatic rings. The predicted molar refractivity (Wildman–Crippen MR) is 71.6 cm³/mol. The van der Waals surface area contributed by atoms with Crippen molar-refractivity contribution in [2.45, 2.75) is 6.92 Å². The first-order valence-corrected chi connectivity index (χ1v) is 5.74. The molecule has 1 aromatic carbocycles. The van der Waals surface area contributed by atoms with E-state index in [4.69, 9.17) is 34.3 Å². The zero-order chi connectivity index (χ0) is 13.9. The van der Waals surface area contributed by atoms with E-state index in [1.807, 2.05) is 0 Å². The second kappa shape index (κ2) is 5.79. The van der Waals surface area contributed by atoms with E-state index in [0.717, 1.165) is 4.90 Å². The van der Waals surface area contributed by atoms with Crippen molar-refractivity contribution in [1.29, 1.82) is 5.41 Å². The molecule has 98 valence electrons. The van der Waals surface area contributed by atoms with Gasteiger partial charge in [0, 0.05) is 6.54 Å². The van der Waals surface area contributed by atoms with Gasteiger partial charge in [-0.3, -0.25) is 5.41 Å². The van der Waals surface area contributed by atoms with Crippen LogP contribution in [0.25, 0.3) is 0 Å². The molecule has 0 aliphatic carbocycles. The summed E-state index contributed by atoms with van der Waals surface area (Å²) in [5.41, 5.74) is 5.31. The topological polar surface area (TPSA) is 102 Å². The highest BCUT2D eigenvalue weighted by molar-refractivity contribution is 6.42. The number of phenols is 1. The highest BCUT2D eigenvalue weighted by Gasteiger charge is 2.25. The molecule has 2 amide bonds. The number of nitrogens with zero attached hydrogens (tertiary/aromatic N) is 1. The van der Waals surface area contributed by atoms with Gasteiger partial charge in [0.1, 0.15) is 10.8 Å². The quantitative estimate of drug-likeness (QED) is 0.495. The van der Waals surface area contributed by atoms with Crippen LogP contribution in [0.5, 0.6) is 5.75 Å². The Hall–Kier alpha value is -1.66. The van der Waals surface area contributed by atoms with Gasteiger partial charge >= 0.3 is 6.03 Å². The smallest absolute Gasteiger partial charge is 0.328 e. The summed E-state index contributed by atoms with van der Waals surface area (Å²) in [6.07, 6.45) is 0. The second-order valence-corrected chi connectivity index (χ2v) is 4.07. The number of nitrogens with one attached hydrogen (secondary N) is 2. The Morgan fingerprint density at radius 1 is 1.56 bits per heavy atom. The van der Waals surface area contributed by atoms with Crippen LogP contribution in [0.15, 0.2) is 12.1 Å². The Bertz CT molecular complexity index is 493. The molecule has 8 heteroatoms. The summed E-state index contributed by atoms with van der Waals surface area (Å²) in [5.74, 6) is -0.818. The number of carbonyl (C=O) groups excluding carboxylic acids is 1. The molecular weight excluding hydrogens is 279 g/mol. The van der Waals surface area contributed by atoms with Crippen molar-refractivity contribution in [2.75, 3.05) is 11.4 Å². The normalized spacial score (nSPS) is 9.94. The van der Waals surface area contributed by atoms with E-state index < -0.39 is 12.0 Å². The lowest BCUT2D eigenvalue weighted by molar-refractivity contribution is 0.249. The van der Waals surface area contributed by atoms with Crippen molar-refractivity contribution in [1.82, 2.24) is 5.32 Å². The summed E-state index contributed by atoms with van der Waals surface area (Å²) in [5, 5.41) is 19.3. The number of phenolic OH excluding ortho intramolecular Hbond substituents is 1. The number of hydrogen-bond donors (Lipinski definition) is 4. The van der Waals surface area contributed by atoms with E-state index in [2.05, 4.69) is 5.32 Å². The van der Waals surface area contributed by atoms with E-state index in [0.29, 0.717) is 6.54 Å². The molecule has 0 saturated carbocycles. The van der Waals surface area contributed by atoms with Crippen molar-refractivity contribution < 1.29 is 9.90 Å². The van der Waals surface area contributed by atoms with Gasteiger partial charge in [-0.25, -0.2) is 9.69 Å². The fraction of sp³-hybridized carbons (Fsp3) is 0.200. The van der Waals surface area contributed by atoms with Gasteiger partial charge in [0.15, 0.2) is 0 Å². The summed E-state index contributed by atoms with van der Waals surface area (Å²) in [4.78, 5) is 12.6. The van der Waals surface area contributed by atoms with Gasteiger partial charge in [0.25, 0.3) is 0 Å². The number of guanidine groups is 1. The van der Waals surface area contributed by atoms with Crippen LogP contribution in [-0.4, -0.2) is 23.6 Å². The number of benzene rings is 1. The number of carbonyl (C=O) groups is 1. The van der Waals surface area contributed by atoms with Crippen LogP contribution in [0.2, 0.25) is 10.0 Å². The van der Waals surface area contributed by atoms with E-state index >= 15 is 0 Å². The molecule has 5 N–H and O–H groups in total. The summed E-state index contributed by atoms with van der Waals surface area (Å²) in [6.45, 7) is 2.05. The number of hydrogen-bond acceptors (Lipinski definition) is 3. The second-order valence-electron chi connectivity index (χ2n) is 3.29. The van der Waals surface area contributed by atoms with Crippen LogP contribution in [0.1, 0.15) is 6.92 Å². The lowest BCUT2D eigenvalue weighted by Gasteiger charge is -2.23. The van der Waals surface area contributed by atoms with E-state index in [-0.39, 0.29) is 21.5 Å². The number of aromatic hydroxyl groups is 1. The molecule has 0 aliphatic heterocycles. The Labute approximate surface area is 114 Å². The van der Waals surface area contributed by atoms with Crippen LogP contribution in [0, 0.1) is 5.41 Å². The molecular formula is C10H12Cl2N4O2. The maximum absolute atomic E-state index is 11.8. The number of halogens is 2. The average molecular weight is 291 g/mol. The summed E-state index contributed by atoms with van der Waals surface area (Å²) in [6, 6.07) is 1.98. The minimum Gasteiger partial charge on any atom is -0.506 e. The SMILES string of the molecule is CCNC(=O)N(C(=N)N)c1c(Cl)ccc(O)c1Cl. The summed E-state index contributed by atoms with van der Waals surface area (Å²) < 4.78 is 0. The molecule has 1 rings (SSSR count). The minimum atomic E-state index is -0.653. The third-order valence-corrected chi connectivity index (χ3v) is 2.72. The monoisotopic (exact) mass is 290 g/mol. The van der Waals surface area contributed by atoms with Gasteiger partial charge in [-0.05, 0) is 19.1 Å². The molecule has 0 aliphatic rings. The zero-order valence-electron chi connectivity index (χ0n) is 9.50.